The number of carbonyl (C=O) groups is 1. The Balaban J connectivity index is 1.87. The van der Waals surface area contributed by atoms with Gasteiger partial charge in [0.2, 0.25) is 5.91 Å². The Morgan fingerprint density at radius 3 is 2.88 bits per heavy atom. The quantitative estimate of drug-likeness (QED) is 0.823. The van der Waals surface area contributed by atoms with E-state index in [0.29, 0.717) is 12.0 Å². The van der Waals surface area contributed by atoms with Gasteiger partial charge in [0.15, 0.2) is 0 Å². The van der Waals surface area contributed by atoms with Crippen LogP contribution in [0.3, 0.4) is 0 Å². The third-order valence-corrected chi connectivity index (χ3v) is 5.13. The van der Waals surface area contributed by atoms with Gasteiger partial charge < -0.3 is 10.1 Å². The van der Waals surface area contributed by atoms with Crippen molar-refractivity contribution in [1.82, 2.24) is 15.1 Å². The molecular weight excluding hydrogens is 398 g/mol. The lowest BCUT2D eigenvalue weighted by molar-refractivity contribution is -0.123. The average molecular weight is 422 g/mol. The lowest BCUT2D eigenvalue weighted by Gasteiger charge is -2.28. The molecule has 1 N–H and O–H groups in total. The Labute approximate surface area is 161 Å². The second kappa shape index (κ2) is 7.88. The maximum atomic E-state index is 12.8. The van der Waals surface area contributed by atoms with Gasteiger partial charge >= 0.3 is 0 Å². The van der Waals surface area contributed by atoms with Crippen molar-refractivity contribution < 1.29 is 9.53 Å². The zero-order valence-corrected chi connectivity index (χ0v) is 16.9. The molecule has 0 spiro atoms. The SMILES string of the molecule is CC1CC(NC(=O)Cn2nc(C(C)C)c3cc(Br)ccc3c2=O)CCO1. The van der Waals surface area contributed by atoms with Crippen molar-refractivity contribution in [3.63, 3.8) is 0 Å². The number of nitrogens with zero attached hydrogens (tertiary/aromatic N) is 2. The van der Waals surface area contributed by atoms with Gasteiger partial charge in [-0.3, -0.25) is 9.59 Å². The van der Waals surface area contributed by atoms with Crippen LogP contribution in [0.4, 0.5) is 0 Å². The first-order valence-corrected chi connectivity index (χ1v) is 9.75. The largest absolute Gasteiger partial charge is 0.378 e. The molecule has 3 rings (SSSR count). The number of hydrogen-bond donors (Lipinski definition) is 1. The number of ether oxygens (including phenoxy) is 1. The van der Waals surface area contributed by atoms with E-state index in [1.54, 1.807) is 6.07 Å². The fourth-order valence-corrected chi connectivity index (χ4v) is 3.72. The summed E-state index contributed by atoms with van der Waals surface area (Å²) < 4.78 is 7.69. The molecule has 2 atom stereocenters. The smallest absolute Gasteiger partial charge is 0.275 e. The first-order chi connectivity index (χ1) is 12.3. The van der Waals surface area contributed by atoms with Crippen molar-refractivity contribution in [2.24, 2.45) is 0 Å². The molecule has 0 aliphatic carbocycles. The number of benzene rings is 1. The maximum absolute atomic E-state index is 12.8. The van der Waals surface area contributed by atoms with Crippen LogP contribution in [0.2, 0.25) is 0 Å². The number of hydrogen-bond acceptors (Lipinski definition) is 4. The number of nitrogens with one attached hydrogen (secondary N) is 1. The molecule has 140 valence electrons. The minimum absolute atomic E-state index is 0.0731. The Morgan fingerprint density at radius 2 is 2.19 bits per heavy atom. The van der Waals surface area contributed by atoms with E-state index in [-0.39, 0.29) is 36.1 Å². The van der Waals surface area contributed by atoms with Crippen LogP contribution >= 0.6 is 15.9 Å². The molecule has 0 radical (unpaired) electrons. The van der Waals surface area contributed by atoms with Crippen LogP contribution in [0.1, 0.15) is 45.2 Å². The maximum Gasteiger partial charge on any atom is 0.275 e. The summed E-state index contributed by atoms with van der Waals surface area (Å²) >= 11 is 3.45. The molecule has 0 saturated carbocycles. The molecule has 1 fully saturated rings. The van der Waals surface area contributed by atoms with E-state index in [2.05, 4.69) is 26.3 Å². The number of fused-ring (bicyclic) bond motifs is 1. The van der Waals surface area contributed by atoms with Gasteiger partial charge in [-0.1, -0.05) is 29.8 Å². The van der Waals surface area contributed by atoms with Crippen LogP contribution in [0.5, 0.6) is 0 Å². The highest BCUT2D eigenvalue weighted by Gasteiger charge is 2.22. The normalized spacial score (nSPS) is 20.5. The summed E-state index contributed by atoms with van der Waals surface area (Å²) in [5.41, 5.74) is 0.570. The second-order valence-corrected chi connectivity index (χ2v) is 8.08. The molecule has 0 bridgehead atoms. The molecule has 1 aromatic heterocycles. The van der Waals surface area contributed by atoms with E-state index >= 15 is 0 Å². The summed E-state index contributed by atoms with van der Waals surface area (Å²) in [6.45, 7) is 6.63. The van der Waals surface area contributed by atoms with Crippen LogP contribution in [0.25, 0.3) is 10.8 Å². The summed E-state index contributed by atoms with van der Waals surface area (Å²) in [4.78, 5) is 25.2. The Kier molecular flexibility index (Phi) is 5.77. The zero-order valence-electron chi connectivity index (χ0n) is 15.3. The molecule has 7 heteroatoms. The first kappa shape index (κ1) is 19.0. The van der Waals surface area contributed by atoms with Crippen LogP contribution in [-0.2, 0) is 16.1 Å². The van der Waals surface area contributed by atoms with Gasteiger partial charge in [-0.2, -0.15) is 5.10 Å². The number of carbonyl (C=O) groups excluding carboxylic acids is 1. The van der Waals surface area contributed by atoms with E-state index < -0.39 is 0 Å². The van der Waals surface area contributed by atoms with E-state index in [4.69, 9.17) is 4.74 Å². The Hall–Kier alpha value is -1.73. The minimum Gasteiger partial charge on any atom is -0.378 e. The van der Waals surface area contributed by atoms with Crippen molar-refractivity contribution in [2.75, 3.05) is 6.61 Å². The van der Waals surface area contributed by atoms with Crippen LogP contribution in [0.15, 0.2) is 27.5 Å². The summed E-state index contributed by atoms with van der Waals surface area (Å²) in [6.07, 6.45) is 1.72. The number of rotatable bonds is 4. The highest BCUT2D eigenvalue weighted by molar-refractivity contribution is 9.10. The highest BCUT2D eigenvalue weighted by atomic mass is 79.9. The van der Waals surface area contributed by atoms with Gasteiger partial charge in [0.1, 0.15) is 6.54 Å². The lowest BCUT2D eigenvalue weighted by Crippen LogP contribution is -2.44. The molecule has 1 amide bonds. The Morgan fingerprint density at radius 1 is 1.42 bits per heavy atom. The monoisotopic (exact) mass is 421 g/mol. The zero-order chi connectivity index (χ0) is 18.8. The molecule has 1 aliphatic rings. The van der Waals surface area contributed by atoms with E-state index in [1.807, 2.05) is 32.9 Å². The van der Waals surface area contributed by atoms with Gasteiger partial charge in [-0.05, 0) is 43.9 Å². The molecule has 2 aromatic rings. The van der Waals surface area contributed by atoms with Crippen LogP contribution in [-0.4, -0.2) is 34.4 Å². The summed E-state index contributed by atoms with van der Waals surface area (Å²) in [6, 6.07) is 5.61. The summed E-state index contributed by atoms with van der Waals surface area (Å²) in [5, 5.41) is 8.90. The number of amides is 1. The molecule has 2 unspecified atom stereocenters. The van der Waals surface area contributed by atoms with E-state index in [9.17, 15) is 9.59 Å². The van der Waals surface area contributed by atoms with Crippen molar-refractivity contribution in [3.8, 4) is 0 Å². The third kappa shape index (κ3) is 4.15. The number of halogens is 1. The van der Waals surface area contributed by atoms with Gasteiger partial charge in [0.05, 0.1) is 17.2 Å². The average Bonchev–Trinajstić information content (AvgIpc) is 2.57. The van der Waals surface area contributed by atoms with Gasteiger partial charge in [0.25, 0.3) is 5.56 Å². The fraction of sp³-hybridized carbons (Fsp3) is 0.526. The molecule has 1 aliphatic heterocycles. The molecule has 2 heterocycles. The first-order valence-electron chi connectivity index (χ1n) is 8.96. The van der Waals surface area contributed by atoms with Crippen molar-refractivity contribution in [2.45, 2.75) is 58.2 Å². The van der Waals surface area contributed by atoms with E-state index in [1.165, 1.54) is 4.68 Å². The van der Waals surface area contributed by atoms with E-state index in [0.717, 1.165) is 28.4 Å². The lowest BCUT2D eigenvalue weighted by atomic mass is 10.0. The second-order valence-electron chi connectivity index (χ2n) is 7.16. The number of aromatic nitrogens is 2. The summed E-state index contributed by atoms with van der Waals surface area (Å²) in [5.74, 6) is -0.0529. The molecule has 6 nitrogen and oxygen atoms in total. The minimum atomic E-state index is -0.243. The predicted octanol–water partition coefficient (Wildman–Crippen LogP) is 2.97. The fourth-order valence-electron chi connectivity index (χ4n) is 3.36. The molecule has 1 saturated heterocycles. The predicted molar refractivity (Wildman–Crippen MR) is 104 cm³/mol. The standard InChI is InChI=1S/C19H24BrN3O3/c1-11(2)18-16-9-13(20)4-5-15(16)19(25)23(22-18)10-17(24)21-14-6-7-26-12(3)8-14/h4-5,9,11-12,14H,6-8,10H2,1-3H3,(H,21,24). The van der Waals surface area contributed by atoms with Crippen molar-refractivity contribution in [3.05, 3.63) is 38.7 Å². The molecule has 26 heavy (non-hydrogen) atoms. The van der Waals surface area contributed by atoms with Gasteiger partial charge in [-0.15, -0.1) is 0 Å². The van der Waals surface area contributed by atoms with Gasteiger partial charge in [0, 0.05) is 22.5 Å². The Bertz CT molecular complexity index is 878. The van der Waals surface area contributed by atoms with Gasteiger partial charge in [-0.25, -0.2) is 4.68 Å². The summed E-state index contributed by atoms with van der Waals surface area (Å²) in [7, 11) is 0. The molecule has 1 aromatic carbocycles. The van der Waals surface area contributed by atoms with Crippen LogP contribution < -0.4 is 10.9 Å². The topological polar surface area (TPSA) is 73.2 Å². The van der Waals surface area contributed by atoms with Crippen molar-refractivity contribution >= 4 is 32.6 Å². The molecular formula is C19H24BrN3O3. The van der Waals surface area contributed by atoms with Crippen LogP contribution in [0, 0.1) is 0 Å². The highest BCUT2D eigenvalue weighted by Crippen LogP contribution is 2.24. The van der Waals surface area contributed by atoms with Crippen molar-refractivity contribution in [1.29, 1.82) is 0 Å². The third-order valence-electron chi connectivity index (χ3n) is 4.64.